The Hall–Kier alpha value is -4.24. The molecule has 0 aliphatic carbocycles. The second-order valence-corrected chi connectivity index (χ2v) is 8.89. The molecule has 0 aliphatic heterocycles. The van der Waals surface area contributed by atoms with Crippen molar-refractivity contribution < 1.29 is 44.1 Å². The summed E-state index contributed by atoms with van der Waals surface area (Å²) in [5, 5.41) is 34.7. The SMILES string of the molecule is NCCCCC(N)C(=O)NC(CCC(N)=O)C(=O)NC(Cc1ccc(O)cc1)C(=O)NC(CC(=O)O)C(=O)O. The number of primary amides is 1. The summed E-state index contributed by atoms with van der Waals surface area (Å²) in [6, 6.07) is 0.0755. The van der Waals surface area contributed by atoms with Crippen molar-refractivity contribution in [1.29, 1.82) is 0 Å². The Morgan fingerprint density at radius 2 is 1.36 bits per heavy atom. The summed E-state index contributed by atoms with van der Waals surface area (Å²) in [6.07, 6.45) is -0.104. The number of carbonyl (C=O) groups excluding carboxylic acids is 4. The number of carbonyl (C=O) groups is 6. The van der Waals surface area contributed by atoms with Crippen molar-refractivity contribution in [2.75, 3.05) is 6.54 Å². The van der Waals surface area contributed by atoms with Crippen LogP contribution in [0.5, 0.6) is 5.75 Å². The zero-order valence-corrected chi connectivity index (χ0v) is 21.3. The van der Waals surface area contributed by atoms with Crippen molar-refractivity contribution in [2.24, 2.45) is 17.2 Å². The molecule has 4 unspecified atom stereocenters. The van der Waals surface area contributed by atoms with Crippen LogP contribution in [0.25, 0.3) is 0 Å². The number of phenols is 1. The lowest BCUT2D eigenvalue weighted by atomic mass is 10.0. The predicted molar refractivity (Wildman–Crippen MR) is 137 cm³/mol. The van der Waals surface area contributed by atoms with E-state index in [2.05, 4.69) is 16.0 Å². The third-order valence-corrected chi connectivity index (χ3v) is 5.62. The molecule has 12 N–H and O–H groups in total. The lowest BCUT2D eigenvalue weighted by Gasteiger charge is -2.25. The van der Waals surface area contributed by atoms with Gasteiger partial charge in [0.15, 0.2) is 0 Å². The molecule has 1 aromatic rings. The number of carboxylic acid groups (broad SMARTS) is 2. The molecule has 15 heteroatoms. The van der Waals surface area contributed by atoms with Gasteiger partial charge in [0.25, 0.3) is 0 Å². The maximum atomic E-state index is 13.2. The van der Waals surface area contributed by atoms with E-state index in [4.69, 9.17) is 22.3 Å². The number of hydrogen-bond donors (Lipinski definition) is 9. The van der Waals surface area contributed by atoms with Crippen LogP contribution in [0.3, 0.4) is 0 Å². The maximum absolute atomic E-state index is 13.2. The Bertz CT molecular complexity index is 1020. The standard InChI is InChI=1S/C24H36N6O9/c25-10-2-1-3-15(26)21(35)28-16(8-9-19(27)32)22(36)29-17(11-13-4-6-14(31)7-5-13)23(37)30-18(24(38)39)12-20(33)34/h4-7,15-18,31H,1-3,8-12,25-26H2,(H2,27,32)(H,28,35)(H,29,36)(H,30,37)(H,33,34)(H,38,39). The highest BCUT2D eigenvalue weighted by atomic mass is 16.4. The number of aromatic hydroxyl groups is 1. The smallest absolute Gasteiger partial charge is 0.326 e. The summed E-state index contributed by atoms with van der Waals surface area (Å²) < 4.78 is 0. The Balaban J connectivity index is 3.15. The molecule has 0 radical (unpaired) electrons. The number of nitrogens with two attached hydrogens (primary N) is 3. The van der Waals surface area contributed by atoms with Gasteiger partial charge in [0, 0.05) is 12.8 Å². The van der Waals surface area contributed by atoms with Gasteiger partial charge in [-0.15, -0.1) is 0 Å². The molecule has 0 heterocycles. The highest BCUT2D eigenvalue weighted by molar-refractivity contribution is 5.95. The molecule has 0 aliphatic rings. The Morgan fingerprint density at radius 3 is 1.90 bits per heavy atom. The summed E-state index contributed by atoms with van der Waals surface area (Å²) in [4.78, 5) is 72.5. The molecule has 0 bridgehead atoms. The van der Waals surface area contributed by atoms with Gasteiger partial charge in [0.1, 0.15) is 23.9 Å². The third-order valence-electron chi connectivity index (χ3n) is 5.62. The third kappa shape index (κ3) is 12.7. The second-order valence-electron chi connectivity index (χ2n) is 8.89. The molecule has 1 aromatic carbocycles. The molecule has 1 rings (SSSR count). The van der Waals surface area contributed by atoms with Gasteiger partial charge in [-0.1, -0.05) is 18.6 Å². The molecule has 0 aromatic heterocycles. The molecule has 0 spiro atoms. The molecule has 0 saturated carbocycles. The summed E-state index contributed by atoms with van der Waals surface area (Å²) in [5.41, 5.74) is 17.0. The van der Waals surface area contributed by atoms with Crippen LogP contribution in [0.1, 0.15) is 44.1 Å². The van der Waals surface area contributed by atoms with Gasteiger partial charge in [0.2, 0.25) is 23.6 Å². The fourth-order valence-corrected chi connectivity index (χ4v) is 3.47. The molecule has 0 saturated heterocycles. The molecule has 4 atom stereocenters. The number of benzene rings is 1. The van der Waals surface area contributed by atoms with E-state index in [1.807, 2.05) is 0 Å². The average molecular weight is 553 g/mol. The van der Waals surface area contributed by atoms with E-state index in [1.165, 1.54) is 24.3 Å². The van der Waals surface area contributed by atoms with Crippen molar-refractivity contribution in [3.05, 3.63) is 29.8 Å². The molecule has 15 nitrogen and oxygen atoms in total. The largest absolute Gasteiger partial charge is 0.508 e. The highest BCUT2D eigenvalue weighted by Gasteiger charge is 2.31. The van der Waals surface area contributed by atoms with E-state index in [0.29, 0.717) is 31.4 Å². The van der Waals surface area contributed by atoms with E-state index in [0.717, 1.165) is 0 Å². The first-order chi connectivity index (χ1) is 18.3. The zero-order chi connectivity index (χ0) is 29.5. The van der Waals surface area contributed by atoms with Crippen molar-refractivity contribution in [3.63, 3.8) is 0 Å². The number of hydrogen-bond acceptors (Lipinski definition) is 9. The van der Waals surface area contributed by atoms with Gasteiger partial charge in [0.05, 0.1) is 12.5 Å². The van der Waals surface area contributed by atoms with Crippen molar-refractivity contribution >= 4 is 35.6 Å². The van der Waals surface area contributed by atoms with Crippen molar-refractivity contribution in [2.45, 2.75) is 69.1 Å². The number of unbranched alkanes of at least 4 members (excludes halogenated alkanes) is 1. The predicted octanol–water partition coefficient (Wildman–Crippen LogP) is -2.33. The Kier molecular flexibility index (Phi) is 13.9. The van der Waals surface area contributed by atoms with E-state index >= 15 is 0 Å². The van der Waals surface area contributed by atoms with Gasteiger partial charge < -0.3 is 48.5 Å². The van der Waals surface area contributed by atoms with E-state index in [-0.39, 0.29) is 25.0 Å². The second kappa shape index (κ2) is 16.6. The van der Waals surface area contributed by atoms with Crippen molar-refractivity contribution in [1.82, 2.24) is 16.0 Å². The van der Waals surface area contributed by atoms with Crippen molar-refractivity contribution in [3.8, 4) is 5.75 Å². The van der Waals surface area contributed by atoms with Gasteiger partial charge in [-0.05, 0) is 43.5 Å². The number of carboxylic acids is 2. The molecule has 0 fully saturated rings. The number of rotatable bonds is 18. The number of nitrogens with one attached hydrogen (secondary N) is 3. The molecule has 39 heavy (non-hydrogen) atoms. The monoisotopic (exact) mass is 552 g/mol. The van der Waals surface area contributed by atoms with Crippen LogP contribution in [-0.4, -0.2) is 81.6 Å². The minimum Gasteiger partial charge on any atom is -0.508 e. The van der Waals surface area contributed by atoms with Crippen LogP contribution in [0.2, 0.25) is 0 Å². The van der Waals surface area contributed by atoms with Crippen LogP contribution in [-0.2, 0) is 35.2 Å². The van der Waals surface area contributed by atoms with Gasteiger partial charge in [-0.2, -0.15) is 0 Å². The van der Waals surface area contributed by atoms with Crippen LogP contribution in [0, 0.1) is 0 Å². The first-order valence-electron chi connectivity index (χ1n) is 12.2. The first kappa shape index (κ1) is 32.8. The summed E-state index contributed by atoms with van der Waals surface area (Å²) >= 11 is 0. The topological polar surface area (TPSA) is 277 Å². The Labute approximate surface area is 224 Å². The van der Waals surface area contributed by atoms with E-state index < -0.39 is 66.2 Å². The fourth-order valence-electron chi connectivity index (χ4n) is 3.47. The van der Waals surface area contributed by atoms with Gasteiger partial charge in [-0.3, -0.25) is 24.0 Å². The summed E-state index contributed by atoms with van der Waals surface area (Å²) in [5.74, 6) is -6.46. The number of amides is 4. The fraction of sp³-hybridized carbons (Fsp3) is 0.500. The normalized spacial score (nSPS) is 13.8. The minimum atomic E-state index is -1.79. The summed E-state index contributed by atoms with van der Waals surface area (Å²) in [7, 11) is 0. The van der Waals surface area contributed by atoms with E-state index in [9.17, 15) is 39.0 Å². The molecular weight excluding hydrogens is 516 g/mol. The van der Waals surface area contributed by atoms with Gasteiger partial charge in [-0.25, -0.2) is 4.79 Å². The minimum absolute atomic E-state index is 0.0618. The van der Waals surface area contributed by atoms with Gasteiger partial charge >= 0.3 is 11.9 Å². The van der Waals surface area contributed by atoms with Crippen LogP contribution < -0.4 is 33.2 Å². The quantitative estimate of drug-likeness (QED) is 0.0871. The molecule has 216 valence electrons. The van der Waals surface area contributed by atoms with Crippen LogP contribution in [0.4, 0.5) is 0 Å². The number of phenolic OH excluding ortho intramolecular Hbond substituents is 1. The van der Waals surface area contributed by atoms with E-state index in [1.54, 1.807) is 0 Å². The lowest BCUT2D eigenvalue weighted by molar-refractivity contribution is -0.147. The molecular formula is C24H36N6O9. The first-order valence-corrected chi connectivity index (χ1v) is 12.2. The lowest BCUT2D eigenvalue weighted by Crippen LogP contribution is -2.57. The summed E-state index contributed by atoms with van der Waals surface area (Å²) in [6.45, 7) is 0.414. The van der Waals surface area contributed by atoms with Crippen LogP contribution >= 0.6 is 0 Å². The Morgan fingerprint density at radius 1 is 0.795 bits per heavy atom. The number of aliphatic carboxylic acids is 2. The molecule has 4 amide bonds. The zero-order valence-electron chi connectivity index (χ0n) is 21.3. The van der Waals surface area contributed by atoms with Crippen LogP contribution in [0.15, 0.2) is 24.3 Å². The maximum Gasteiger partial charge on any atom is 0.326 e. The average Bonchev–Trinajstić information content (AvgIpc) is 2.86. The highest BCUT2D eigenvalue weighted by Crippen LogP contribution is 2.12.